The molecule has 0 aliphatic rings. The molecule has 0 bridgehead atoms. The fourth-order valence-electron chi connectivity index (χ4n) is 2.37. The third kappa shape index (κ3) is 5.75. The van der Waals surface area contributed by atoms with Gasteiger partial charge in [0.25, 0.3) is 5.91 Å². The number of unbranched alkanes of at least 4 members (excludes halogenated alkanes) is 1. The van der Waals surface area contributed by atoms with Crippen molar-refractivity contribution in [3.8, 4) is 6.07 Å². The van der Waals surface area contributed by atoms with Gasteiger partial charge in [-0.2, -0.15) is 5.26 Å². The van der Waals surface area contributed by atoms with Crippen LogP contribution in [0, 0.1) is 18.3 Å². The van der Waals surface area contributed by atoms with Gasteiger partial charge in [-0.3, -0.25) is 4.79 Å². The van der Waals surface area contributed by atoms with Crippen LogP contribution in [0.5, 0.6) is 0 Å². The number of hydrogen-bond donors (Lipinski definition) is 2. The summed E-state index contributed by atoms with van der Waals surface area (Å²) in [5.41, 5.74) is 3.81. The van der Waals surface area contributed by atoms with Gasteiger partial charge in [0.1, 0.15) is 11.6 Å². The Kier molecular flexibility index (Phi) is 7.43. The topological polar surface area (TPSA) is 64.9 Å². The number of carbonyl (C=O) groups is 1. The lowest BCUT2D eigenvalue weighted by Crippen LogP contribution is -2.14. The van der Waals surface area contributed by atoms with Crippen LogP contribution in [0.25, 0.3) is 0 Å². The van der Waals surface area contributed by atoms with E-state index in [0.29, 0.717) is 5.69 Å². The van der Waals surface area contributed by atoms with E-state index < -0.39 is 5.91 Å². The van der Waals surface area contributed by atoms with Gasteiger partial charge in [0.2, 0.25) is 0 Å². The van der Waals surface area contributed by atoms with Gasteiger partial charge < -0.3 is 10.6 Å². The Morgan fingerprint density at radius 2 is 1.88 bits per heavy atom. The Labute approximate surface area is 163 Å². The van der Waals surface area contributed by atoms with Gasteiger partial charge in [0.05, 0.1) is 0 Å². The maximum absolute atomic E-state index is 12.3. The first-order chi connectivity index (χ1) is 12.5. The number of anilines is 2. The van der Waals surface area contributed by atoms with Crippen molar-refractivity contribution >= 4 is 33.2 Å². The van der Waals surface area contributed by atoms with Gasteiger partial charge in [-0.1, -0.05) is 41.4 Å². The van der Waals surface area contributed by atoms with E-state index in [-0.39, 0.29) is 5.57 Å². The molecular formula is C21H22BrN3O. The number of nitriles is 1. The van der Waals surface area contributed by atoms with E-state index in [9.17, 15) is 10.1 Å². The smallest absolute Gasteiger partial charge is 0.267 e. The number of aryl methyl sites for hydroxylation is 2. The summed E-state index contributed by atoms with van der Waals surface area (Å²) in [5.74, 6) is -0.435. The first-order valence-electron chi connectivity index (χ1n) is 8.56. The number of benzene rings is 2. The second kappa shape index (κ2) is 9.79. The fraction of sp³-hybridized carbons (Fsp3) is 0.238. The van der Waals surface area contributed by atoms with E-state index in [1.54, 1.807) is 0 Å². The second-order valence-electron chi connectivity index (χ2n) is 6.03. The SMILES string of the molecule is CCCCc1ccc(NC(=O)/C(C#N)=C\Nc2ccc(Br)c(C)c2)cc1. The average molecular weight is 412 g/mol. The molecular weight excluding hydrogens is 390 g/mol. The molecule has 0 saturated heterocycles. The Morgan fingerprint density at radius 3 is 2.50 bits per heavy atom. The molecule has 0 aliphatic heterocycles. The van der Waals surface area contributed by atoms with Crippen LogP contribution in [0.1, 0.15) is 30.9 Å². The van der Waals surface area contributed by atoms with Gasteiger partial charge >= 0.3 is 0 Å². The highest BCUT2D eigenvalue weighted by atomic mass is 79.9. The molecule has 5 heteroatoms. The average Bonchev–Trinajstić information content (AvgIpc) is 2.64. The molecule has 2 aromatic rings. The molecule has 0 unspecified atom stereocenters. The number of nitrogens with zero attached hydrogens (tertiary/aromatic N) is 1. The predicted octanol–water partition coefficient (Wildman–Crippen LogP) is 5.56. The van der Waals surface area contributed by atoms with Crippen molar-refractivity contribution in [2.24, 2.45) is 0 Å². The van der Waals surface area contributed by atoms with Crippen molar-refractivity contribution in [3.05, 3.63) is 69.8 Å². The highest BCUT2D eigenvalue weighted by molar-refractivity contribution is 9.10. The van der Waals surface area contributed by atoms with Gasteiger partial charge in [-0.25, -0.2) is 0 Å². The molecule has 134 valence electrons. The quantitative estimate of drug-likeness (QED) is 0.462. The third-order valence-corrected chi connectivity index (χ3v) is 4.83. The summed E-state index contributed by atoms with van der Waals surface area (Å²) in [5, 5.41) is 15.0. The van der Waals surface area contributed by atoms with Gasteiger partial charge in [-0.05, 0) is 61.2 Å². The summed E-state index contributed by atoms with van der Waals surface area (Å²) in [6.07, 6.45) is 4.76. The molecule has 0 radical (unpaired) electrons. The number of rotatable bonds is 7. The fourth-order valence-corrected chi connectivity index (χ4v) is 2.62. The van der Waals surface area contributed by atoms with Crippen LogP contribution in [0.4, 0.5) is 11.4 Å². The number of halogens is 1. The van der Waals surface area contributed by atoms with Crippen LogP contribution in [0.15, 0.2) is 58.7 Å². The molecule has 0 fully saturated rings. The van der Waals surface area contributed by atoms with Crippen molar-refractivity contribution in [2.45, 2.75) is 33.1 Å². The molecule has 2 rings (SSSR count). The minimum atomic E-state index is -0.435. The Hall–Kier alpha value is -2.58. The standard InChI is InChI=1S/C21H22BrN3O/c1-3-4-5-16-6-8-18(9-7-16)25-21(26)17(13-23)14-24-19-10-11-20(22)15(2)12-19/h6-12,14,24H,3-5H2,1-2H3,(H,25,26)/b17-14-. The van der Waals surface area contributed by atoms with Gasteiger partial charge in [0.15, 0.2) is 0 Å². The first-order valence-corrected chi connectivity index (χ1v) is 9.36. The number of nitrogens with one attached hydrogen (secondary N) is 2. The van der Waals surface area contributed by atoms with E-state index >= 15 is 0 Å². The van der Waals surface area contributed by atoms with Crippen LogP contribution in [-0.2, 0) is 11.2 Å². The van der Waals surface area contributed by atoms with Crippen LogP contribution >= 0.6 is 15.9 Å². The summed E-state index contributed by atoms with van der Waals surface area (Å²) in [6.45, 7) is 4.13. The highest BCUT2D eigenvalue weighted by Crippen LogP contribution is 2.20. The zero-order chi connectivity index (χ0) is 18.9. The molecule has 0 saturated carbocycles. The molecule has 26 heavy (non-hydrogen) atoms. The lowest BCUT2D eigenvalue weighted by molar-refractivity contribution is -0.112. The monoisotopic (exact) mass is 411 g/mol. The zero-order valence-corrected chi connectivity index (χ0v) is 16.6. The predicted molar refractivity (Wildman–Crippen MR) is 110 cm³/mol. The molecule has 0 aromatic heterocycles. The molecule has 4 nitrogen and oxygen atoms in total. The Balaban J connectivity index is 2.01. The van der Waals surface area contributed by atoms with E-state index in [1.165, 1.54) is 11.8 Å². The lowest BCUT2D eigenvalue weighted by Gasteiger charge is -2.07. The molecule has 0 aliphatic carbocycles. The minimum absolute atomic E-state index is 0.0145. The van der Waals surface area contributed by atoms with Crippen LogP contribution in [0.2, 0.25) is 0 Å². The molecule has 0 atom stereocenters. The second-order valence-corrected chi connectivity index (χ2v) is 6.89. The maximum Gasteiger partial charge on any atom is 0.267 e. The normalized spacial score (nSPS) is 10.9. The minimum Gasteiger partial charge on any atom is -0.360 e. The largest absolute Gasteiger partial charge is 0.360 e. The zero-order valence-electron chi connectivity index (χ0n) is 15.0. The molecule has 2 aromatic carbocycles. The lowest BCUT2D eigenvalue weighted by atomic mass is 10.1. The number of amides is 1. The van der Waals surface area contributed by atoms with Crippen molar-refractivity contribution in [1.29, 1.82) is 5.26 Å². The number of hydrogen-bond acceptors (Lipinski definition) is 3. The molecule has 0 heterocycles. The molecule has 1 amide bonds. The molecule has 0 spiro atoms. The number of carbonyl (C=O) groups excluding carboxylic acids is 1. The Morgan fingerprint density at radius 1 is 1.19 bits per heavy atom. The van der Waals surface area contributed by atoms with Crippen LogP contribution in [0.3, 0.4) is 0 Å². The Bertz CT molecular complexity index is 835. The van der Waals surface area contributed by atoms with E-state index in [1.807, 2.05) is 55.5 Å². The van der Waals surface area contributed by atoms with Crippen LogP contribution < -0.4 is 10.6 Å². The summed E-state index contributed by atoms with van der Waals surface area (Å²) >= 11 is 3.44. The summed E-state index contributed by atoms with van der Waals surface area (Å²) < 4.78 is 1.01. The van der Waals surface area contributed by atoms with Crippen LogP contribution in [-0.4, -0.2) is 5.91 Å². The van der Waals surface area contributed by atoms with Gasteiger partial charge in [0, 0.05) is 22.0 Å². The van der Waals surface area contributed by atoms with Crippen molar-refractivity contribution < 1.29 is 4.79 Å². The summed E-state index contributed by atoms with van der Waals surface area (Å²) in [4.78, 5) is 12.3. The maximum atomic E-state index is 12.3. The van der Waals surface area contributed by atoms with Crippen molar-refractivity contribution in [1.82, 2.24) is 0 Å². The summed E-state index contributed by atoms with van der Waals surface area (Å²) in [7, 11) is 0. The van der Waals surface area contributed by atoms with Gasteiger partial charge in [-0.15, -0.1) is 0 Å². The van der Waals surface area contributed by atoms with E-state index in [4.69, 9.17) is 0 Å². The highest BCUT2D eigenvalue weighted by Gasteiger charge is 2.09. The van der Waals surface area contributed by atoms with E-state index in [0.717, 1.165) is 35.0 Å². The van der Waals surface area contributed by atoms with Crippen molar-refractivity contribution in [3.63, 3.8) is 0 Å². The summed E-state index contributed by atoms with van der Waals surface area (Å²) in [6, 6.07) is 15.4. The third-order valence-electron chi connectivity index (χ3n) is 3.94. The van der Waals surface area contributed by atoms with E-state index in [2.05, 4.69) is 33.5 Å². The molecule has 2 N–H and O–H groups in total. The first kappa shape index (κ1) is 19.7. The van der Waals surface area contributed by atoms with Crippen molar-refractivity contribution in [2.75, 3.05) is 10.6 Å².